The molecular weight excluding hydrogens is 182 g/mol. The normalized spacial score (nSPS) is 32.3. The van der Waals surface area contributed by atoms with E-state index in [0.29, 0.717) is 0 Å². The quantitative estimate of drug-likeness (QED) is 0.336. The molecule has 2 unspecified atom stereocenters. The Balaban J connectivity index is 0. The molecular formula is C8H11CaNO2. The van der Waals surface area contributed by atoms with Crippen LogP contribution in [0.3, 0.4) is 0 Å². The minimum Gasteiger partial charge on any atom is -1.00 e. The molecule has 0 radical (unpaired) electrons. The van der Waals surface area contributed by atoms with Crippen LogP contribution in [0.5, 0.6) is 0 Å². The second-order valence-corrected chi connectivity index (χ2v) is 2.99. The van der Waals surface area contributed by atoms with E-state index in [4.69, 9.17) is 0 Å². The molecule has 1 N–H and O–H groups in total. The van der Waals surface area contributed by atoms with E-state index in [1.807, 2.05) is 12.2 Å². The first-order valence-electron chi connectivity index (χ1n) is 3.80. The van der Waals surface area contributed by atoms with Gasteiger partial charge in [-0.25, -0.2) is 0 Å². The number of rotatable bonds is 0. The van der Waals surface area contributed by atoms with E-state index in [1.54, 1.807) is 0 Å². The van der Waals surface area contributed by atoms with Crippen molar-refractivity contribution in [2.75, 3.05) is 0 Å². The van der Waals surface area contributed by atoms with Crippen molar-refractivity contribution in [1.29, 1.82) is 0 Å². The molecule has 0 aromatic heterocycles. The summed E-state index contributed by atoms with van der Waals surface area (Å²) in [6, 6.07) is 0. The summed E-state index contributed by atoms with van der Waals surface area (Å²) in [4.78, 5) is 22.1. The Morgan fingerprint density at radius 3 is 2.83 bits per heavy atom. The average Bonchev–Trinajstić information content (AvgIpc) is 2.30. The van der Waals surface area contributed by atoms with Crippen LogP contribution in [0.4, 0.5) is 0 Å². The number of hydrogen-bond donors (Lipinski definition) is 1. The van der Waals surface area contributed by atoms with E-state index in [9.17, 15) is 9.59 Å². The molecule has 1 fully saturated rings. The number of amides is 2. The Kier molecular flexibility index (Phi) is 3.32. The van der Waals surface area contributed by atoms with Gasteiger partial charge in [0.25, 0.3) is 0 Å². The van der Waals surface area contributed by atoms with Crippen LogP contribution >= 0.6 is 0 Å². The van der Waals surface area contributed by atoms with Crippen molar-refractivity contribution in [3.05, 3.63) is 12.2 Å². The molecule has 0 aromatic carbocycles. The maximum Gasteiger partial charge on any atom is 2.00 e. The Morgan fingerprint density at radius 1 is 1.42 bits per heavy atom. The van der Waals surface area contributed by atoms with Crippen molar-refractivity contribution >= 4 is 49.6 Å². The van der Waals surface area contributed by atoms with E-state index in [2.05, 4.69) is 5.32 Å². The van der Waals surface area contributed by atoms with Crippen molar-refractivity contribution in [1.82, 2.24) is 5.32 Å². The third-order valence-corrected chi connectivity index (χ3v) is 2.31. The first kappa shape index (κ1) is 10.2. The Morgan fingerprint density at radius 2 is 2.17 bits per heavy atom. The zero-order valence-corrected chi connectivity index (χ0v) is 8.96. The fourth-order valence-electron chi connectivity index (χ4n) is 1.69. The van der Waals surface area contributed by atoms with E-state index >= 15 is 0 Å². The van der Waals surface area contributed by atoms with Crippen LogP contribution in [0.1, 0.15) is 15.7 Å². The van der Waals surface area contributed by atoms with E-state index in [-0.39, 0.29) is 64.2 Å². The molecule has 0 bridgehead atoms. The van der Waals surface area contributed by atoms with Crippen molar-refractivity contribution in [2.45, 2.75) is 12.8 Å². The number of fused-ring (bicyclic) bond motifs is 1. The standard InChI is InChI=1S/C8H9NO2.Ca.2H/c10-7-5-3-1-2-4-6(5)8(11)9-7;;;/h1,3,5-6H,2,4H2,(H,9,10,11);;;/q;+2;2*-1. The molecule has 1 heterocycles. The molecule has 0 aromatic rings. The van der Waals surface area contributed by atoms with Gasteiger partial charge in [0.05, 0.1) is 11.8 Å². The van der Waals surface area contributed by atoms with E-state index in [1.165, 1.54) is 0 Å². The molecule has 2 atom stereocenters. The molecule has 4 heteroatoms. The van der Waals surface area contributed by atoms with Gasteiger partial charge in [0.1, 0.15) is 0 Å². The molecule has 62 valence electrons. The van der Waals surface area contributed by atoms with Gasteiger partial charge >= 0.3 is 37.7 Å². The van der Waals surface area contributed by atoms with E-state index in [0.717, 1.165) is 12.8 Å². The third kappa shape index (κ3) is 1.58. The van der Waals surface area contributed by atoms with Crippen LogP contribution in [-0.4, -0.2) is 49.6 Å². The van der Waals surface area contributed by atoms with Crippen LogP contribution in [0.15, 0.2) is 12.2 Å². The van der Waals surface area contributed by atoms with Gasteiger partial charge in [-0.05, 0) is 12.8 Å². The van der Waals surface area contributed by atoms with Crippen LogP contribution in [0, 0.1) is 11.8 Å². The molecule has 2 amide bonds. The Hall–Kier alpha value is 0.140. The second-order valence-electron chi connectivity index (χ2n) is 2.99. The molecule has 2 rings (SSSR count). The summed E-state index contributed by atoms with van der Waals surface area (Å²) in [6.45, 7) is 0. The number of carbonyl (C=O) groups excluding carboxylic acids is 2. The number of allylic oxidation sites excluding steroid dienone is 1. The molecule has 1 aliphatic heterocycles. The van der Waals surface area contributed by atoms with Gasteiger partial charge in [0.15, 0.2) is 0 Å². The minimum absolute atomic E-state index is 0. The van der Waals surface area contributed by atoms with Crippen LogP contribution < -0.4 is 5.32 Å². The molecule has 1 aliphatic carbocycles. The fourth-order valence-corrected chi connectivity index (χ4v) is 1.69. The van der Waals surface area contributed by atoms with Crippen molar-refractivity contribution in [3.63, 3.8) is 0 Å². The first-order chi connectivity index (χ1) is 5.29. The second kappa shape index (κ2) is 3.90. The van der Waals surface area contributed by atoms with E-state index < -0.39 is 0 Å². The fraction of sp³-hybridized carbons (Fsp3) is 0.500. The zero-order chi connectivity index (χ0) is 7.84. The summed E-state index contributed by atoms with van der Waals surface area (Å²) in [5.41, 5.74) is 0. The third-order valence-electron chi connectivity index (χ3n) is 2.31. The predicted molar refractivity (Wildman–Crippen MR) is 46.5 cm³/mol. The number of carbonyl (C=O) groups is 2. The smallest absolute Gasteiger partial charge is 1.00 e. The summed E-state index contributed by atoms with van der Waals surface area (Å²) in [6.07, 6.45) is 5.55. The number of hydrogen-bond acceptors (Lipinski definition) is 2. The van der Waals surface area contributed by atoms with Crippen LogP contribution in [0.25, 0.3) is 0 Å². The molecule has 2 aliphatic rings. The minimum atomic E-state index is -0.170. The van der Waals surface area contributed by atoms with Gasteiger partial charge in [-0.1, -0.05) is 12.2 Å². The van der Waals surface area contributed by atoms with Gasteiger partial charge in [-0.15, -0.1) is 0 Å². The molecule has 0 saturated carbocycles. The summed E-state index contributed by atoms with van der Waals surface area (Å²) >= 11 is 0. The first-order valence-corrected chi connectivity index (χ1v) is 3.80. The summed E-state index contributed by atoms with van der Waals surface area (Å²) in [5, 5.41) is 2.33. The molecule has 1 saturated heterocycles. The predicted octanol–water partition coefficient (Wildman–Crippen LogP) is 0.0694. The maximum atomic E-state index is 11.1. The summed E-state index contributed by atoms with van der Waals surface area (Å²) in [5.74, 6) is -0.468. The molecule has 0 spiro atoms. The topological polar surface area (TPSA) is 46.2 Å². The summed E-state index contributed by atoms with van der Waals surface area (Å²) < 4.78 is 0. The van der Waals surface area contributed by atoms with Gasteiger partial charge in [-0.3, -0.25) is 14.9 Å². The van der Waals surface area contributed by atoms with Gasteiger partial charge in [-0.2, -0.15) is 0 Å². The SMILES string of the molecule is O=C1NC(=O)C2CCC=CC12.[Ca+2].[H-].[H-]. The molecule has 3 nitrogen and oxygen atoms in total. The zero-order valence-electron chi connectivity index (χ0n) is 8.75. The van der Waals surface area contributed by atoms with Gasteiger partial charge in [0.2, 0.25) is 11.8 Å². The Bertz CT molecular complexity index is 258. The van der Waals surface area contributed by atoms with Crippen LogP contribution in [-0.2, 0) is 9.59 Å². The van der Waals surface area contributed by atoms with Crippen LogP contribution in [0.2, 0.25) is 0 Å². The van der Waals surface area contributed by atoms with Gasteiger partial charge in [0, 0.05) is 0 Å². The number of nitrogens with one attached hydrogen (secondary N) is 1. The van der Waals surface area contributed by atoms with Gasteiger partial charge < -0.3 is 2.85 Å². The largest absolute Gasteiger partial charge is 2.00 e. The van der Waals surface area contributed by atoms with Crippen molar-refractivity contribution in [2.24, 2.45) is 11.8 Å². The Labute approximate surface area is 104 Å². The summed E-state index contributed by atoms with van der Waals surface area (Å²) in [7, 11) is 0. The van der Waals surface area contributed by atoms with Crippen molar-refractivity contribution < 1.29 is 12.4 Å². The molecule has 12 heavy (non-hydrogen) atoms. The monoisotopic (exact) mass is 193 g/mol. The van der Waals surface area contributed by atoms with Crippen molar-refractivity contribution in [3.8, 4) is 0 Å². The number of imide groups is 1. The average molecular weight is 193 g/mol. The maximum absolute atomic E-state index is 11.1.